The second-order valence-electron chi connectivity index (χ2n) is 6.07. The van der Waals surface area contributed by atoms with Crippen LogP contribution < -0.4 is 15.6 Å². The van der Waals surface area contributed by atoms with Gasteiger partial charge in [0.25, 0.3) is 11.5 Å². The number of aryl methyl sites for hydroxylation is 2. The summed E-state index contributed by atoms with van der Waals surface area (Å²) < 4.78 is 5.49. The third-order valence-electron chi connectivity index (χ3n) is 4.35. The van der Waals surface area contributed by atoms with Gasteiger partial charge in [-0.3, -0.25) is 9.59 Å². The number of fused-ring (bicyclic) bond motifs is 1. The Labute approximate surface area is 141 Å². The van der Waals surface area contributed by atoms with E-state index in [9.17, 15) is 9.59 Å². The number of rotatable bonds is 5. The fraction of sp³-hybridized carbons (Fsp3) is 0.368. The lowest BCUT2D eigenvalue weighted by molar-refractivity contribution is 0.0938. The Hall–Kier alpha value is -2.56. The number of H-pyrrole nitrogens is 1. The molecule has 2 aromatic rings. The first kappa shape index (κ1) is 16.3. The van der Waals surface area contributed by atoms with E-state index in [2.05, 4.69) is 10.3 Å². The molecule has 0 spiro atoms. The molecule has 1 aromatic carbocycles. The highest BCUT2D eigenvalue weighted by molar-refractivity contribution is 5.94. The molecule has 1 aliphatic carbocycles. The molecule has 0 fully saturated rings. The zero-order chi connectivity index (χ0) is 17.1. The number of ether oxygens (including phenoxy) is 1. The molecule has 5 nitrogen and oxygen atoms in total. The number of aromatic amines is 1. The number of hydrogen-bond donors (Lipinski definition) is 2. The maximum atomic E-state index is 12.5. The SMILES string of the molecule is CCOc1cccc(C(C)NC(=O)c2cc3c([nH]c2=O)CCC3)c1. The highest BCUT2D eigenvalue weighted by Gasteiger charge is 2.19. The van der Waals surface area contributed by atoms with Crippen molar-refractivity contribution in [1.82, 2.24) is 10.3 Å². The molecule has 0 saturated carbocycles. The standard InChI is InChI=1S/C19H22N2O3/c1-3-24-15-8-4-6-13(10-15)12(2)20-18(22)16-11-14-7-5-9-17(14)21-19(16)23/h4,6,8,10-12H,3,5,7,9H2,1-2H3,(H,20,22)(H,21,23). The number of amides is 1. The average molecular weight is 326 g/mol. The first-order chi connectivity index (χ1) is 11.6. The summed E-state index contributed by atoms with van der Waals surface area (Å²) in [5.74, 6) is 0.423. The summed E-state index contributed by atoms with van der Waals surface area (Å²) in [6.45, 7) is 4.41. The molecule has 1 amide bonds. The zero-order valence-electron chi connectivity index (χ0n) is 14.0. The maximum Gasteiger partial charge on any atom is 0.261 e. The van der Waals surface area contributed by atoms with Crippen LogP contribution in [0.5, 0.6) is 5.75 Å². The minimum Gasteiger partial charge on any atom is -0.494 e. The van der Waals surface area contributed by atoms with Crippen LogP contribution in [0.2, 0.25) is 0 Å². The van der Waals surface area contributed by atoms with Crippen LogP contribution in [-0.2, 0) is 12.8 Å². The van der Waals surface area contributed by atoms with Crippen LogP contribution in [0, 0.1) is 0 Å². The van der Waals surface area contributed by atoms with Gasteiger partial charge in [-0.05, 0) is 62.4 Å². The number of nitrogens with one attached hydrogen (secondary N) is 2. The third kappa shape index (κ3) is 3.35. The van der Waals surface area contributed by atoms with E-state index in [-0.39, 0.29) is 23.1 Å². The normalized spacial score (nSPS) is 14.1. The van der Waals surface area contributed by atoms with Gasteiger partial charge in [0.1, 0.15) is 11.3 Å². The zero-order valence-corrected chi connectivity index (χ0v) is 14.0. The van der Waals surface area contributed by atoms with Crippen molar-refractivity contribution in [3.63, 3.8) is 0 Å². The van der Waals surface area contributed by atoms with Crippen molar-refractivity contribution in [3.8, 4) is 5.75 Å². The second-order valence-corrected chi connectivity index (χ2v) is 6.07. The largest absolute Gasteiger partial charge is 0.494 e. The molecule has 24 heavy (non-hydrogen) atoms. The number of pyridine rings is 1. The smallest absolute Gasteiger partial charge is 0.261 e. The van der Waals surface area contributed by atoms with Crippen molar-refractivity contribution < 1.29 is 9.53 Å². The van der Waals surface area contributed by atoms with E-state index in [1.165, 1.54) is 0 Å². The lowest BCUT2D eigenvalue weighted by Gasteiger charge is -2.15. The van der Waals surface area contributed by atoms with E-state index in [1.54, 1.807) is 6.07 Å². The Balaban J connectivity index is 1.77. The summed E-state index contributed by atoms with van der Waals surface area (Å²) in [6.07, 6.45) is 2.82. The molecule has 1 unspecified atom stereocenters. The van der Waals surface area contributed by atoms with Gasteiger partial charge < -0.3 is 15.0 Å². The van der Waals surface area contributed by atoms with E-state index < -0.39 is 0 Å². The van der Waals surface area contributed by atoms with Gasteiger partial charge in [0.15, 0.2) is 0 Å². The van der Waals surface area contributed by atoms with Crippen molar-refractivity contribution in [2.45, 2.75) is 39.2 Å². The van der Waals surface area contributed by atoms with E-state index in [0.717, 1.165) is 41.8 Å². The van der Waals surface area contributed by atoms with Gasteiger partial charge in [0, 0.05) is 5.69 Å². The molecular weight excluding hydrogens is 304 g/mol. The molecule has 0 bridgehead atoms. The summed E-state index contributed by atoms with van der Waals surface area (Å²) in [4.78, 5) is 27.5. The summed E-state index contributed by atoms with van der Waals surface area (Å²) >= 11 is 0. The molecule has 1 aromatic heterocycles. The number of carbonyl (C=O) groups excluding carboxylic acids is 1. The molecule has 0 radical (unpaired) electrons. The van der Waals surface area contributed by atoms with Crippen molar-refractivity contribution in [3.05, 3.63) is 63.1 Å². The Morgan fingerprint density at radius 2 is 2.17 bits per heavy atom. The summed E-state index contributed by atoms with van der Waals surface area (Å²) in [6, 6.07) is 9.13. The van der Waals surface area contributed by atoms with Crippen molar-refractivity contribution in [1.29, 1.82) is 0 Å². The highest BCUT2D eigenvalue weighted by atomic mass is 16.5. The Bertz CT molecular complexity index is 810. The average Bonchev–Trinajstić information content (AvgIpc) is 3.01. The van der Waals surface area contributed by atoms with E-state index in [4.69, 9.17) is 4.74 Å². The van der Waals surface area contributed by atoms with Crippen LogP contribution in [0.4, 0.5) is 0 Å². The molecule has 1 heterocycles. The number of aromatic nitrogens is 1. The Kier molecular flexibility index (Phi) is 4.69. The first-order valence-electron chi connectivity index (χ1n) is 8.37. The lowest BCUT2D eigenvalue weighted by Crippen LogP contribution is -2.32. The van der Waals surface area contributed by atoms with Crippen LogP contribution in [0.15, 0.2) is 35.1 Å². The summed E-state index contributed by atoms with van der Waals surface area (Å²) in [7, 11) is 0. The molecule has 126 valence electrons. The minimum absolute atomic E-state index is 0.184. The van der Waals surface area contributed by atoms with Crippen molar-refractivity contribution >= 4 is 5.91 Å². The fourth-order valence-corrected chi connectivity index (χ4v) is 3.08. The predicted octanol–water partition coefficient (Wildman–Crippen LogP) is 2.75. The molecule has 0 aliphatic heterocycles. The third-order valence-corrected chi connectivity index (χ3v) is 4.35. The van der Waals surface area contributed by atoms with E-state index in [0.29, 0.717) is 6.61 Å². The van der Waals surface area contributed by atoms with Crippen LogP contribution >= 0.6 is 0 Å². The second kappa shape index (κ2) is 6.91. The van der Waals surface area contributed by atoms with Gasteiger partial charge in [-0.25, -0.2) is 0 Å². The highest BCUT2D eigenvalue weighted by Crippen LogP contribution is 2.21. The van der Waals surface area contributed by atoms with Gasteiger partial charge in [0.05, 0.1) is 12.6 Å². The maximum absolute atomic E-state index is 12.5. The minimum atomic E-state index is -0.347. The van der Waals surface area contributed by atoms with Gasteiger partial charge >= 0.3 is 0 Å². The van der Waals surface area contributed by atoms with Gasteiger partial charge in [-0.15, -0.1) is 0 Å². The van der Waals surface area contributed by atoms with Gasteiger partial charge in [-0.2, -0.15) is 0 Å². The molecule has 1 atom stereocenters. The van der Waals surface area contributed by atoms with Gasteiger partial charge in [-0.1, -0.05) is 12.1 Å². The monoisotopic (exact) mass is 326 g/mol. The molecule has 0 saturated heterocycles. The number of benzene rings is 1. The van der Waals surface area contributed by atoms with Crippen molar-refractivity contribution in [2.75, 3.05) is 6.61 Å². The molecule has 3 rings (SSSR count). The first-order valence-corrected chi connectivity index (χ1v) is 8.37. The molecular formula is C19H22N2O3. The Morgan fingerprint density at radius 1 is 1.33 bits per heavy atom. The van der Waals surface area contributed by atoms with Crippen LogP contribution in [-0.4, -0.2) is 17.5 Å². The molecule has 1 aliphatic rings. The van der Waals surface area contributed by atoms with Crippen LogP contribution in [0.3, 0.4) is 0 Å². The topological polar surface area (TPSA) is 71.2 Å². The fourth-order valence-electron chi connectivity index (χ4n) is 3.08. The van der Waals surface area contributed by atoms with E-state index in [1.807, 2.05) is 38.1 Å². The van der Waals surface area contributed by atoms with Crippen LogP contribution in [0.1, 0.15) is 53.5 Å². The lowest BCUT2D eigenvalue weighted by atomic mass is 10.1. The number of hydrogen-bond acceptors (Lipinski definition) is 3. The molecule has 5 heteroatoms. The summed E-state index contributed by atoms with van der Waals surface area (Å²) in [5.41, 5.74) is 2.85. The Morgan fingerprint density at radius 3 is 2.96 bits per heavy atom. The van der Waals surface area contributed by atoms with Gasteiger partial charge in [0.2, 0.25) is 0 Å². The van der Waals surface area contributed by atoms with Crippen LogP contribution in [0.25, 0.3) is 0 Å². The number of carbonyl (C=O) groups is 1. The van der Waals surface area contributed by atoms with Crippen molar-refractivity contribution in [2.24, 2.45) is 0 Å². The predicted molar refractivity (Wildman–Crippen MR) is 92.6 cm³/mol. The quantitative estimate of drug-likeness (QED) is 0.887. The summed E-state index contributed by atoms with van der Waals surface area (Å²) in [5, 5.41) is 2.90. The van der Waals surface area contributed by atoms with E-state index >= 15 is 0 Å². The molecule has 2 N–H and O–H groups in total.